The summed E-state index contributed by atoms with van der Waals surface area (Å²) in [5.41, 5.74) is 12.1. The molecule has 2 aliphatic heterocycles. The van der Waals surface area contributed by atoms with E-state index in [1.165, 1.54) is 45.0 Å². The Morgan fingerprint density at radius 3 is 0.975 bits per heavy atom. The molecule has 2 nitrogen and oxygen atoms in total. The molecular weight excluding hydrogens is 620 g/mol. The first kappa shape index (κ1) is 25.6. The summed E-state index contributed by atoms with van der Waals surface area (Å²) in [6.45, 7) is 9.31. The van der Waals surface area contributed by atoms with Crippen LogP contribution >= 0.6 is 31.9 Å². The van der Waals surface area contributed by atoms with Crippen LogP contribution < -0.4 is 9.80 Å². The highest BCUT2D eigenvalue weighted by molar-refractivity contribution is 9.11. The smallest absolute Gasteiger partial charge is 0.0625 e. The zero-order valence-electron chi connectivity index (χ0n) is 23.0. The molecule has 0 aromatic heterocycles. The largest absolute Gasteiger partial charge is 0.309 e. The molecule has 0 saturated carbocycles. The molecule has 0 N–H and O–H groups in total. The van der Waals surface area contributed by atoms with Gasteiger partial charge in [-0.25, -0.2) is 0 Å². The van der Waals surface area contributed by atoms with Crippen molar-refractivity contribution in [2.24, 2.45) is 0 Å². The highest BCUT2D eigenvalue weighted by Gasteiger charge is 2.39. The minimum atomic E-state index is -0.106. The lowest BCUT2D eigenvalue weighted by atomic mass is 9.73. The normalized spacial score (nSPS) is 16.1. The molecule has 198 valence electrons. The van der Waals surface area contributed by atoms with E-state index in [1.807, 2.05) is 0 Å². The van der Waals surface area contributed by atoms with Crippen molar-refractivity contribution in [3.63, 3.8) is 0 Å². The minimum absolute atomic E-state index is 0.106. The van der Waals surface area contributed by atoms with Crippen LogP contribution in [0.5, 0.6) is 0 Å². The van der Waals surface area contributed by atoms with Gasteiger partial charge in [0, 0.05) is 19.8 Å². The molecule has 7 rings (SSSR count). The first-order valence-corrected chi connectivity index (χ1v) is 15.3. The van der Waals surface area contributed by atoms with Crippen LogP contribution in [0.2, 0.25) is 0 Å². The van der Waals surface area contributed by atoms with E-state index in [0.717, 1.165) is 20.3 Å². The van der Waals surface area contributed by atoms with Gasteiger partial charge < -0.3 is 9.80 Å². The lowest BCUT2D eigenvalue weighted by Crippen LogP contribution is -2.31. The second-order valence-electron chi connectivity index (χ2n) is 11.7. The first-order valence-electron chi connectivity index (χ1n) is 13.7. The van der Waals surface area contributed by atoms with Crippen LogP contribution in [0, 0.1) is 0 Å². The molecule has 0 saturated heterocycles. The third kappa shape index (κ3) is 3.59. The lowest BCUT2D eigenvalue weighted by Gasteiger charge is -2.44. The maximum atomic E-state index is 3.96. The van der Waals surface area contributed by atoms with Crippen molar-refractivity contribution in [3.8, 4) is 0 Å². The standard InChI is InChI=1S/C36H30Br2N2/c1-35(2)23-13-5-9-17-29(23)39(30-18-10-6-14-24(30)35)33-22-34(28(38)21-27(33)37)40-31-19-11-7-15-25(31)36(3,4)26-16-8-12-20-32(26)40/h5-22H,1-4H3. The highest BCUT2D eigenvalue weighted by atomic mass is 79.9. The first-order chi connectivity index (χ1) is 19.2. The van der Waals surface area contributed by atoms with Crippen LogP contribution in [0.4, 0.5) is 34.1 Å². The molecule has 0 amide bonds. The third-order valence-electron chi connectivity index (χ3n) is 8.77. The fourth-order valence-corrected chi connectivity index (χ4v) is 8.08. The Labute approximate surface area is 253 Å². The van der Waals surface area contributed by atoms with Gasteiger partial charge in [-0.2, -0.15) is 0 Å². The summed E-state index contributed by atoms with van der Waals surface area (Å²) in [5, 5.41) is 0. The predicted molar refractivity (Wildman–Crippen MR) is 175 cm³/mol. The molecule has 4 heteroatoms. The molecule has 0 unspecified atom stereocenters. The number of benzene rings is 5. The van der Waals surface area contributed by atoms with Crippen LogP contribution in [0.15, 0.2) is 118 Å². The molecule has 40 heavy (non-hydrogen) atoms. The molecule has 0 spiro atoms. The zero-order chi connectivity index (χ0) is 27.8. The number of para-hydroxylation sites is 4. The summed E-state index contributed by atoms with van der Waals surface area (Å²) in [6, 6.07) is 39.7. The maximum absolute atomic E-state index is 3.96. The van der Waals surface area contributed by atoms with Crippen molar-refractivity contribution < 1.29 is 0 Å². The molecular formula is C36H30Br2N2. The minimum Gasteiger partial charge on any atom is -0.309 e. The Bertz CT molecular complexity index is 1580. The number of rotatable bonds is 2. The highest BCUT2D eigenvalue weighted by Crippen LogP contribution is 2.57. The second kappa shape index (κ2) is 9.09. The van der Waals surface area contributed by atoms with Gasteiger partial charge in [-0.3, -0.25) is 0 Å². The summed E-state index contributed by atoms with van der Waals surface area (Å²) in [6.07, 6.45) is 0. The third-order valence-corrected chi connectivity index (χ3v) is 10.0. The fraction of sp³-hybridized carbons (Fsp3) is 0.167. The predicted octanol–water partition coefficient (Wildman–Crippen LogP) is 11.4. The van der Waals surface area contributed by atoms with Crippen LogP contribution in [-0.4, -0.2) is 0 Å². The van der Waals surface area contributed by atoms with E-state index >= 15 is 0 Å². The molecule has 0 fully saturated rings. The van der Waals surface area contributed by atoms with E-state index in [0.29, 0.717) is 0 Å². The Morgan fingerprint density at radius 1 is 0.400 bits per heavy atom. The molecule has 5 aromatic carbocycles. The van der Waals surface area contributed by atoms with Gasteiger partial charge in [0.05, 0.1) is 34.1 Å². The Hall–Kier alpha value is -3.34. The van der Waals surface area contributed by atoms with E-state index < -0.39 is 0 Å². The maximum Gasteiger partial charge on any atom is 0.0625 e. The quantitative estimate of drug-likeness (QED) is 0.188. The van der Waals surface area contributed by atoms with E-state index in [4.69, 9.17) is 0 Å². The fourth-order valence-electron chi connectivity index (χ4n) is 6.73. The topological polar surface area (TPSA) is 6.48 Å². The SMILES string of the molecule is CC1(C)c2ccccc2N(c2cc(N3c4ccccc4C(C)(C)c4ccccc43)c(Br)cc2Br)c2ccccc21. The number of hydrogen-bond acceptors (Lipinski definition) is 2. The van der Waals surface area contributed by atoms with Crippen molar-refractivity contribution >= 4 is 66.0 Å². The van der Waals surface area contributed by atoms with Gasteiger partial charge in [0.15, 0.2) is 0 Å². The Kier molecular flexibility index (Phi) is 5.82. The van der Waals surface area contributed by atoms with Gasteiger partial charge in [0.2, 0.25) is 0 Å². The monoisotopic (exact) mass is 648 g/mol. The number of nitrogens with zero attached hydrogens (tertiary/aromatic N) is 2. The zero-order valence-corrected chi connectivity index (χ0v) is 26.2. The lowest BCUT2D eigenvalue weighted by molar-refractivity contribution is 0.631. The van der Waals surface area contributed by atoms with Gasteiger partial charge in [-0.15, -0.1) is 0 Å². The molecule has 2 heterocycles. The molecule has 2 aliphatic rings. The van der Waals surface area contributed by atoms with Crippen LogP contribution in [0.3, 0.4) is 0 Å². The van der Waals surface area contributed by atoms with Crippen molar-refractivity contribution in [1.82, 2.24) is 0 Å². The summed E-state index contributed by atoms with van der Waals surface area (Å²) < 4.78 is 2.07. The Balaban J connectivity index is 1.50. The van der Waals surface area contributed by atoms with E-state index in [9.17, 15) is 0 Å². The van der Waals surface area contributed by atoms with Gasteiger partial charge in [0.1, 0.15) is 0 Å². The summed E-state index contributed by atoms with van der Waals surface area (Å²) >= 11 is 7.93. The summed E-state index contributed by atoms with van der Waals surface area (Å²) in [5.74, 6) is 0. The van der Waals surface area contributed by atoms with E-state index in [2.05, 4.69) is 179 Å². The molecule has 0 radical (unpaired) electrons. The second-order valence-corrected chi connectivity index (χ2v) is 13.5. The molecule has 0 aliphatic carbocycles. The van der Waals surface area contributed by atoms with Crippen molar-refractivity contribution in [1.29, 1.82) is 0 Å². The molecule has 0 bridgehead atoms. The molecule has 5 aromatic rings. The van der Waals surface area contributed by atoms with Gasteiger partial charge in [-0.05, 0) is 90.5 Å². The number of hydrogen-bond donors (Lipinski definition) is 0. The number of fused-ring (bicyclic) bond motifs is 4. The summed E-state index contributed by atoms with van der Waals surface area (Å²) in [7, 11) is 0. The molecule has 0 atom stereocenters. The van der Waals surface area contributed by atoms with Crippen molar-refractivity contribution in [2.45, 2.75) is 38.5 Å². The number of anilines is 6. The van der Waals surface area contributed by atoms with Crippen molar-refractivity contribution in [2.75, 3.05) is 9.80 Å². The van der Waals surface area contributed by atoms with Crippen LogP contribution in [-0.2, 0) is 10.8 Å². The van der Waals surface area contributed by atoms with Gasteiger partial charge in [-0.1, -0.05) is 100 Å². The van der Waals surface area contributed by atoms with Gasteiger partial charge in [0.25, 0.3) is 0 Å². The van der Waals surface area contributed by atoms with E-state index in [1.54, 1.807) is 0 Å². The van der Waals surface area contributed by atoms with Crippen LogP contribution in [0.25, 0.3) is 0 Å². The Morgan fingerprint density at radius 2 is 0.675 bits per heavy atom. The van der Waals surface area contributed by atoms with Gasteiger partial charge >= 0.3 is 0 Å². The average molecular weight is 650 g/mol. The van der Waals surface area contributed by atoms with E-state index in [-0.39, 0.29) is 10.8 Å². The van der Waals surface area contributed by atoms with Crippen LogP contribution in [0.1, 0.15) is 49.9 Å². The average Bonchev–Trinajstić information content (AvgIpc) is 2.95. The van der Waals surface area contributed by atoms with Crippen molar-refractivity contribution in [3.05, 3.63) is 140 Å². The number of halogens is 2. The summed E-state index contributed by atoms with van der Waals surface area (Å²) in [4.78, 5) is 4.84.